The molecule has 1 aliphatic rings. The average molecular weight is 289 g/mol. The number of nitrogens with one attached hydrogen (secondary N) is 1. The summed E-state index contributed by atoms with van der Waals surface area (Å²) in [7, 11) is 4.40. The van der Waals surface area contributed by atoms with E-state index in [1.807, 2.05) is 0 Å². The first-order chi connectivity index (χ1) is 10.0. The van der Waals surface area contributed by atoms with E-state index in [1.165, 1.54) is 37.1 Å². The molecule has 0 amide bonds. The molecule has 2 rings (SSSR count). The summed E-state index contributed by atoms with van der Waals surface area (Å²) < 4.78 is 0. The maximum atomic E-state index is 3.46. The fourth-order valence-electron chi connectivity index (χ4n) is 2.94. The van der Waals surface area contributed by atoms with Gasteiger partial charge in [-0.05, 0) is 51.2 Å². The molecule has 0 radical (unpaired) electrons. The number of hydrogen-bond donors (Lipinski definition) is 1. The van der Waals surface area contributed by atoms with Crippen LogP contribution >= 0.6 is 0 Å². The van der Waals surface area contributed by atoms with Crippen LogP contribution in [-0.4, -0.2) is 49.1 Å². The second-order valence-corrected chi connectivity index (χ2v) is 6.82. The lowest BCUT2D eigenvalue weighted by Gasteiger charge is -2.35. The van der Waals surface area contributed by atoms with Crippen molar-refractivity contribution >= 4 is 0 Å². The number of nitrogens with zero attached hydrogens (tertiary/aromatic N) is 2. The van der Waals surface area contributed by atoms with Crippen LogP contribution in [0.4, 0.5) is 0 Å². The van der Waals surface area contributed by atoms with Crippen molar-refractivity contribution in [3.63, 3.8) is 0 Å². The zero-order valence-electron chi connectivity index (χ0n) is 14.1. The van der Waals surface area contributed by atoms with E-state index in [0.717, 1.165) is 19.1 Å². The van der Waals surface area contributed by atoms with Crippen LogP contribution in [0.15, 0.2) is 24.3 Å². The van der Waals surface area contributed by atoms with Gasteiger partial charge in [-0.3, -0.25) is 4.90 Å². The Balaban J connectivity index is 1.78. The van der Waals surface area contributed by atoms with Gasteiger partial charge < -0.3 is 10.2 Å². The van der Waals surface area contributed by atoms with Gasteiger partial charge in [-0.1, -0.05) is 38.1 Å². The van der Waals surface area contributed by atoms with Crippen molar-refractivity contribution in [3.8, 4) is 0 Å². The number of rotatable bonds is 6. The third kappa shape index (κ3) is 5.42. The third-order valence-corrected chi connectivity index (χ3v) is 4.43. The molecule has 1 heterocycles. The van der Waals surface area contributed by atoms with Crippen molar-refractivity contribution in [1.82, 2.24) is 15.1 Å². The van der Waals surface area contributed by atoms with Crippen LogP contribution < -0.4 is 5.32 Å². The zero-order chi connectivity index (χ0) is 15.2. The Bertz CT molecular complexity index is 403. The highest BCUT2D eigenvalue weighted by Gasteiger charge is 2.20. The molecule has 0 aromatic heterocycles. The van der Waals surface area contributed by atoms with E-state index in [0.29, 0.717) is 6.04 Å². The van der Waals surface area contributed by atoms with Gasteiger partial charge in [-0.2, -0.15) is 0 Å². The molecule has 1 aromatic carbocycles. The molecular formula is C18H31N3. The standard InChI is InChI=1S/C18H31N3/c1-15(2)19-13-16-5-7-17(8-6-16)14-21-11-9-18(10-12-21)20(3)4/h5-8,15,18-19H,9-14H2,1-4H3. The number of benzene rings is 1. The van der Waals surface area contributed by atoms with Crippen LogP contribution in [0.2, 0.25) is 0 Å². The third-order valence-electron chi connectivity index (χ3n) is 4.43. The zero-order valence-corrected chi connectivity index (χ0v) is 14.1. The largest absolute Gasteiger partial charge is 0.310 e. The van der Waals surface area contributed by atoms with Gasteiger partial charge in [0, 0.05) is 25.2 Å². The average Bonchev–Trinajstić information content (AvgIpc) is 2.47. The molecule has 1 aromatic rings. The number of hydrogen-bond acceptors (Lipinski definition) is 3. The maximum absolute atomic E-state index is 3.46. The summed E-state index contributed by atoms with van der Waals surface area (Å²) in [6.45, 7) is 8.88. The Morgan fingerprint density at radius 1 is 1.10 bits per heavy atom. The minimum Gasteiger partial charge on any atom is -0.310 e. The van der Waals surface area contributed by atoms with E-state index in [4.69, 9.17) is 0 Å². The molecule has 0 atom stereocenters. The Labute approximate surface area is 130 Å². The summed E-state index contributed by atoms with van der Waals surface area (Å²) in [6, 6.07) is 10.4. The Morgan fingerprint density at radius 3 is 2.19 bits per heavy atom. The fourth-order valence-corrected chi connectivity index (χ4v) is 2.94. The van der Waals surface area contributed by atoms with Gasteiger partial charge >= 0.3 is 0 Å². The lowest BCUT2D eigenvalue weighted by atomic mass is 10.0. The first-order valence-electron chi connectivity index (χ1n) is 8.24. The van der Waals surface area contributed by atoms with Gasteiger partial charge in [0.05, 0.1) is 0 Å². The quantitative estimate of drug-likeness (QED) is 0.869. The van der Waals surface area contributed by atoms with E-state index in [-0.39, 0.29) is 0 Å². The van der Waals surface area contributed by atoms with Crippen molar-refractivity contribution < 1.29 is 0 Å². The lowest BCUT2D eigenvalue weighted by molar-refractivity contribution is 0.140. The Hall–Kier alpha value is -0.900. The molecule has 3 nitrogen and oxygen atoms in total. The van der Waals surface area contributed by atoms with Gasteiger partial charge in [0.1, 0.15) is 0 Å². The molecular weight excluding hydrogens is 258 g/mol. The van der Waals surface area contributed by atoms with Crippen LogP contribution in [0.3, 0.4) is 0 Å². The van der Waals surface area contributed by atoms with Gasteiger partial charge in [0.25, 0.3) is 0 Å². The highest BCUT2D eigenvalue weighted by molar-refractivity contribution is 5.22. The molecule has 0 unspecified atom stereocenters. The summed E-state index contributed by atoms with van der Waals surface area (Å²) >= 11 is 0. The summed E-state index contributed by atoms with van der Waals surface area (Å²) in [6.07, 6.45) is 2.59. The molecule has 1 fully saturated rings. The molecule has 118 valence electrons. The molecule has 1 saturated heterocycles. The Kier molecular flexibility index (Phi) is 6.22. The van der Waals surface area contributed by atoms with Gasteiger partial charge in [-0.15, -0.1) is 0 Å². The molecule has 1 N–H and O–H groups in total. The molecule has 1 aliphatic heterocycles. The van der Waals surface area contributed by atoms with Crippen LogP contribution in [0.25, 0.3) is 0 Å². The van der Waals surface area contributed by atoms with Gasteiger partial charge in [-0.25, -0.2) is 0 Å². The second-order valence-electron chi connectivity index (χ2n) is 6.82. The normalized spacial score (nSPS) is 17.8. The predicted octanol–water partition coefficient (Wildman–Crippen LogP) is 2.71. The smallest absolute Gasteiger partial charge is 0.0233 e. The molecule has 21 heavy (non-hydrogen) atoms. The van der Waals surface area contributed by atoms with Crippen molar-refractivity contribution in [3.05, 3.63) is 35.4 Å². The molecule has 0 aliphatic carbocycles. The van der Waals surface area contributed by atoms with Gasteiger partial charge in [0.2, 0.25) is 0 Å². The van der Waals surface area contributed by atoms with Crippen molar-refractivity contribution in [2.24, 2.45) is 0 Å². The molecule has 0 bridgehead atoms. The first kappa shape index (κ1) is 16.5. The van der Waals surface area contributed by atoms with Gasteiger partial charge in [0.15, 0.2) is 0 Å². The topological polar surface area (TPSA) is 18.5 Å². The summed E-state index contributed by atoms with van der Waals surface area (Å²) in [5.41, 5.74) is 2.81. The van der Waals surface area contributed by atoms with Crippen LogP contribution in [0, 0.1) is 0 Å². The minimum atomic E-state index is 0.544. The van der Waals surface area contributed by atoms with E-state index in [2.05, 4.69) is 67.3 Å². The highest BCUT2D eigenvalue weighted by Crippen LogP contribution is 2.17. The summed E-state index contributed by atoms with van der Waals surface area (Å²) in [5, 5.41) is 3.46. The Morgan fingerprint density at radius 2 is 1.67 bits per heavy atom. The van der Waals surface area contributed by atoms with E-state index < -0.39 is 0 Å². The van der Waals surface area contributed by atoms with Crippen LogP contribution in [0.1, 0.15) is 37.8 Å². The van der Waals surface area contributed by atoms with Crippen molar-refractivity contribution in [2.75, 3.05) is 27.2 Å². The molecule has 0 spiro atoms. The van der Waals surface area contributed by atoms with Crippen LogP contribution in [-0.2, 0) is 13.1 Å². The minimum absolute atomic E-state index is 0.544. The van der Waals surface area contributed by atoms with E-state index in [9.17, 15) is 0 Å². The van der Waals surface area contributed by atoms with E-state index >= 15 is 0 Å². The molecule has 3 heteroatoms. The highest BCUT2D eigenvalue weighted by atomic mass is 15.2. The first-order valence-corrected chi connectivity index (χ1v) is 8.24. The fraction of sp³-hybridized carbons (Fsp3) is 0.667. The monoisotopic (exact) mass is 289 g/mol. The van der Waals surface area contributed by atoms with Crippen LogP contribution in [0.5, 0.6) is 0 Å². The van der Waals surface area contributed by atoms with Crippen molar-refractivity contribution in [2.45, 2.75) is 51.9 Å². The van der Waals surface area contributed by atoms with E-state index in [1.54, 1.807) is 0 Å². The lowest BCUT2D eigenvalue weighted by Crippen LogP contribution is -2.41. The molecule has 0 saturated carbocycles. The second kappa shape index (κ2) is 7.92. The number of likely N-dealkylation sites (tertiary alicyclic amines) is 1. The SMILES string of the molecule is CC(C)NCc1ccc(CN2CCC(N(C)C)CC2)cc1. The summed E-state index contributed by atoms with van der Waals surface area (Å²) in [5.74, 6) is 0. The number of piperidine rings is 1. The summed E-state index contributed by atoms with van der Waals surface area (Å²) in [4.78, 5) is 4.95. The van der Waals surface area contributed by atoms with Crippen molar-refractivity contribution in [1.29, 1.82) is 0 Å². The predicted molar refractivity (Wildman–Crippen MR) is 90.4 cm³/mol. The maximum Gasteiger partial charge on any atom is 0.0233 e.